The van der Waals surface area contributed by atoms with Gasteiger partial charge in [0.2, 0.25) is 11.7 Å². The summed E-state index contributed by atoms with van der Waals surface area (Å²) in [5.41, 5.74) is 0.116. The molecule has 2 aromatic carbocycles. The van der Waals surface area contributed by atoms with Crippen LogP contribution in [0.25, 0.3) is 0 Å². The van der Waals surface area contributed by atoms with Crippen LogP contribution in [0.4, 0.5) is 5.69 Å². The van der Waals surface area contributed by atoms with Crippen LogP contribution in [0, 0.1) is 10.1 Å². The highest BCUT2D eigenvalue weighted by molar-refractivity contribution is 6.30. The molecule has 2 rings (SSSR count). The Morgan fingerprint density at radius 2 is 1.72 bits per heavy atom. The molecule has 8 nitrogen and oxygen atoms in total. The Kier molecular flexibility index (Phi) is 7.55. The summed E-state index contributed by atoms with van der Waals surface area (Å²) < 4.78 is 5.56. The van der Waals surface area contributed by atoms with Crippen LogP contribution in [0.1, 0.15) is 24.2 Å². The van der Waals surface area contributed by atoms with Gasteiger partial charge in [0.25, 0.3) is 5.91 Å². The quantitative estimate of drug-likeness (QED) is 0.476. The average molecular weight is 420 g/mol. The zero-order chi connectivity index (χ0) is 21.6. The van der Waals surface area contributed by atoms with Crippen molar-refractivity contribution < 1.29 is 19.2 Å². The first-order valence-electron chi connectivity index (χ1n) is 9.01. The molecular weight excluding hydrogens is 398 g/mol. The summed E-state index contributed by atoms with van der Waals surface area (Å²) in [6.07, 6.45) is 0. The monoisotopic (exact) mass is 419 g/mol. The maximum atomic E-state index is 12.5. The normalized spacial score (nSPS) is 10.3. The number of nitrogens with zero attached hydrogens (tertiary/aromatic N) is 3. The van der Waals surface area contributed by atoms with Crippen molar-refractivity contribution in [2.45, 2.75) is 13.8 Å². The van der Waals surface area contributed by atoms with E-state index in [1.54, 1.807) is 11.9 Å². The van der Waals surface area contributed by atoms with Gasteiger partial charge in [-0.3, -0.25) is 19.7 Å². The van der Waals surface area contributed by atoms with Crippen LogP contribution in [0.15, 0.2) is 42.5 Å². The van der Waals surface area contributed by atoms with E-state index in [1.807, 2.05) is 13.8 Å². The number of nitro groups is 1. The molecule has 0 atom stereocenters. The van der Waals surface area contributed by atoms with E-state index in [2.05, 4.69) is 0 Å². The Labute approximate surface area is 173 Å². The molecule has 0 spiro atoms. The van der Waals surface area contributed by atoms with Crippen molar-refractivity contribution in [3.8, 4) is 11.5 Å². The number of amides is 2. The van der Waals surface area contributed by atoms with E-state index >= 15 is 0 Å². The van der Waals surface area contributed by atoms with E-state index in [4.69, 9.17) is 16.3 Å². The number of benzene rings is 2. The molecule has 0 saturated carbocycles. The van der Waals surface area contributed by atoms with Gasteiger partial charge in [0, 0.05) is 36.8 Å². The Bertz CT molecular complexity index is 897. The number of carbonyl (C=O) groups excluding carboxylic acids is 2. The standard InChI is InChI=1S/C20H22ClN3O5/c1-4-23(5-2)19(25)13-22(3)20(26)14-6-9-16(10-7-14)29-18-11-8-15(21)12-17(18)24(27)28/h6-12H,4-5,13H2,1-3H3. The van der Waals surface area contributed by atoms with Gasteiger partial charge < -0.3 is 14.5 Å². The number of carbonyl (C=O) groups is 2. The Morgan fingerprint density at radius 3 is 2.28 bits per heavy atom. The van der Waals surface area contributed by atoms with Gasteiger partial charge in [0.15, 0.2) is 0 Å². The predicted molar refractivity (Wildman–Crippen MR) is 110 cm³/mol. The summed E-state index contributed by atoms with van der Waals surface area (Å²) in [4.78, 5) is 38.3. The molecule has 0 aliphatic carbocycles. The molecule has 0 bridgehead atoms. The molecule has 29 heavy (non-hydrogen) atoms. The Morgan fingerprint density at radius 1 is 1.10 bits per heavy atom. The summed E-state index contributed by atoms with van der Waals surface area (Å²) in [5.74, 6) is -0.0652. The SMILES string of the molecule is CCN(CC)C(=O)CN(C)C(=O)c1ccc(Oc2ccc(Cl)cc2[N+](=O)[O-])cc1. The maximum absolute atomic E-state index is 12.5. The summed E-state index contributed by atoms with van der Waals surface area (Å²) >= 11 is 5.79. The number of rotatable bonds is 8. The van der Waals surface area contributed by atoms with Crippen LogP contribution in [-0.4, -0.2) is 53.2 Å². The lowest BCUT2D eigenvalue weighted by Gasteiger charge is -2.23. The van der Waals surface area contributed by atoms with E-state index < -0.39 is 4.92 Å². The number of ether oxygens (including phenoxy) is 1. The molecule has 0 heterocycles. The van der Waals surface area contributed by atoms with Crippen LogP contribution in [0.3, 0.4) is 0 Å². The van der Waals surface area contributed by atoms with Crippen molar-refractivity contribution in [2.24, 2.45) is 0 Å². The fourth-order valence-corrected chi connectivity index (χ4v) is 2.85. The molecule has 2 aromatic rings. The number of halogens is 1. The van der Waals surface area contributed by atoms with Gasteiger partial charge in [-0.1, -0.05) is 11.6 Å². The van der Waals surface area contributed by atoms with Crippen LogP contribution >= 0.6 is 11.6 Å². The molecule has 0 aromatic heterocycles. The summed E-state index contributed by atoms with van der Waals surface area (Å²) in [6.45, 7) is 4.91. The first kappa shape index (κ1) is 22.2. The average Bonchev–Trinajstić information content (AvgIpc) is 2.70. The fourth-order valence-electron chi connectivity index (χ4n) is 2.68. The second-order valence-corrected chi connectivity index (χ2v) is 6.66. The Hall–Kier alpha value is -3.13. The number of likely N-dealkylation sites (N-methyl/N-ethyl adjacent to an activating group) is 2. The van der Waals surface area contributed by atoms with Crippen molar-refractivity contribution in [3.05, 3.63) is 63.2 Å². The second kappa shape index (κ2) is 9.88. The van der Waals surface area contributed by atoms with Gasteiger partial charge in [-0.25, -0.2) is 0 Å². The van der Waals surface area contributed by atoms with Crippen LogP contribution in [0.2, 0.25) is 5.02 Å². The van der Waals surface area contributed by atoms with E-state index in [9.17, 15) is 19.7 Å². The maximum Gasteiger partial charge on any atom is 0.313 e. The summed E-state index contributed by atoms with van der Waals surface area (Å²) in [5, 5.41) is 11.4. The van der Waals surface area contributed by atoms with Gasteiger partial charge in [-0.05, 0) is 50.2 Å². The molecule has 154 valence electrons. The van der Waals surface area contributed by atoms with Crippen molar-refractivity contribution in [2.75, 3.05) is 26.7 Å². The molecule has 0 aliphatic rings. The number of hydrogen-bond acceptors (Lipinski definition) is 5. The van der Waals surface area contributed by atoms with Gasteiger partial charge in [0.05, 0.1) is 11.5 Å². The molecule has 0 radical (unpaired) electrons. The highest BCUT2D eigenvalue weighted by Gasteiger charge is 2.19. The van der Waals surface area contributed by atoms with Crippen LogP contribution in [0.5, 0.6) is 11.5 Å². The molecule has 9 heteroatoms. The van der Waals surface area contributed by atoms with E-state index in [-0.39, 0.29) is 34.8 Å². The zero-order valence-electron chi connectivity index (χ0n) is 16.4. The predicted octanol–water partition coefficient (Wildman–Crippen LogP) is 3.98. The third-order valence-corrected chi connectivity index (χ3v) is 4.52. The third kappa shape index (κ3) is 5.68. The molecule has 0 unspecified atom stereocenters. The largest absolute Gasteiger partial charge is 0.450 e. The van der Waals surface area contributed by atoms with Crippen molar-refractivity contribution in [1.29, 1.82) is 0 Å². The smallest absolute Gasteiger partial charge is 0.313 e. The van der Waals surface area contributed by atoms with E-state index in [0.717, 1.165) is 0 Å². The topological polar surface area (TPSA) is 93.0 Å². The Balaban J connectivity index is 2.09. The minimum absolute atomic E-state index is 0.0181. The molecule has 0 saturated heterocycles. The second-order valence-electron chi connectivity index (χ2n) is 6.22. The van der Waals surface area contributed by atoms with Gasteiger partial charge in [0.1, 0.15) is 5.75 Å². The van der Waals surface area contributed by atoms with E-state index in [0.29, 0.717) is 24.4 Å². The lowest BCUT2D eigenvalue weighted by atomic mass is 10.2. The van der Waals surface area contributed by atoms with Crippen molar-refractivity contribution >= 4 is 29.1 Å². The van der Waals surface area contributed by atoms with Crippen molar-refractivity contribution in [1.82, 2.24) is 9.80 Å². The number of nitro benzene ring substituents is 1. The highest BCUT2D eigenvalue weighted by Crippen LogP contribution is 2.33. The first-order chi connectivity index (χ1) is 13.8. The van der Waals surface area contributed by atoms with Gasteiger partial charge in [-0.15, -0.1) is 0 Å². The summed E-state index contributed by atoms with van der Waals surface area (Å²) in [6, 6.07) is 10.2. The molecular formula is C20H22ClN3O5. The molecule has 0 N–H and O–H groups in total. The lowest BCUT2D eigenvalue weighted by Crippen LogP contribution is -2.41. The van der Waals surface area contributed by atoms with E-state index in [1.165, 1.54) is 47.4 Å². The zero-order valence-corrected chi connectivity index (χ0v) is 17.2. The first-order valence-corrected chi connectivity index (χ1v) is 9.39. The number of hydrogen-bond donors (Lipinski definition) is 0. The van der Waals surface area contributed by atoms with Crippen LogP contribution < -0.4 is 4.74 Å². The third-order valence-electron chi connectivity index (χ3n) is 4.28. The molecule has 0 aliphatic heterocycles. The van der Waals surface area contributed by atoms with Gasteiger partial charge >= 0.3 is 5.69 Å². The van der Waals surface area contributed by atoms with Gasteiger partial charge in [-0.2, -0.15) is 0 Å². The molecule has 2 amide bonds. The van der Waals surface area contributed by atoms with Crippen molar-refractivity contribution in [3.63, 3.8) is 0 Å². The summed E-state index contributed by atoms with van der Waals surface area (Å²) in [7, 11) is 1.56. The fraction of sp³-hybridized carbons (Fsp3) is 0.300. The lowest BCUT2D eigenvalue weighted by molar-refractivity contribution is -0.385. The van der Waals surface area contributed by atoms with Crippen LogP contribution in [-0.2, 0) is 4.79 Å². The molecule has 0 fully saturated rings. The highest BCUT2D eigenvalue weighted by atomic mass is 35.5. The minimum Gasteiger partial charge on any atom is -0.450 e. The minimum atomic E-state index is -0.582.